The van der Waals surface area contributed by atoms with Crippen LogP contribution in [0.25, 0.3) is 0 Å². The Bertz CT molecular complexity index is 2880. The van der Waals surface area contributed by atoms with Crippen LogP contribution in [0.2, 0.25) is 0 Å². The first-order valence-corrected chi connectivity index (χ1v) is 30.0. The molecule has 10 bridgehead atoms. The fourth-order valence-electron chi connectivity index (χ4n) is 12.7. The van der Waals surface area contributed by atoms with Crippen LogP contribution < -0.4 is 22.1 Å². The number of fused-ring (bicyclic) bond motifs is 6. The summed E-state index contributed by atoms with van der Waals surface area (Å²) in [5.74, 6) is -0.561. The van der Waals surface area contributed by atoms with Gasteiger partial charge in [0.15, 0.2) is 5.78 Å². The van der Waals surface area contributed by atoms with Gasteiger partial charge < -0.3 is 56.0 Å². The van der Waals surface area contributed by atoms with Gasteiger partial charge in [-0.2, -0.15) is 0 Å². The Hall–Kier alpha value is -8.08. The lowest BCUT2D eigenvalue weighted by Gasteiger charge is -2.35. The summed E-state index contributed by atoms with van der Waals surface area (Å²) in [6.07, 6.45) is 30.2. The van der Waals surface area contributed by atoms with Crippen LogP contribution in [0, 0.1) is 65.1 Å². The molecule has 11 unspecified atom stereocenters. The molecule has 0 aliphatic heterocycles. The van der Waals surface area contributed by atoms with Crippen molar-refractivity contribution in [3.8, 4) is 0 Å². The van der Waals surface area contributed by atoms with E-state index < -0.39 is 5.92 Å². The fourth-order valence-corrected chi connectivity index (χ4v) is 12.7. The highest BCUT2D eigenvalue weighted by molar-refractivity contribution is 6.03. The van der Waals surface area contributed by atoms with Crippen LogP contribution in [0.15, 0.2) is 154 Å². The van der Waals surface area contributed by atoms with Crippen molar-refractivity contribution in [3.05, 3.63) is 154 Å². The summed E-state index contributed by atoms with van der Waals surface area (Å²) in [4.78, 5) is 71.6. The summed E-state index contributed by atoms with van der Waals surface area (Å²) < 4.78 is 25.4. The van der Waals surface area contributed by atoms with E-state index in [9.17, 15) is 39.0 Å². The number of ether oxygens (including phenoxy) is 5. The summed E-state index contributed by atoms with van der Waals surface area (Å²) in [5, 5.41) is 26.6. The molecule has 0 heterocycles. The summed E-state index contributed by atoms with van der Waals surface area (Å²) in [6, 6.07) is 15.1. The standard InChI is InChI=1S/C28H32N2O4.3C11H14O3.C6H8N2/c1-3-33-27(31)23-17-5-9-19(10-6-17)25(23)29-21-13-15-22(16-14-21)30-26-20-11-7-18(8-12-20)24(26)28(32)34-4-2;3*1-2-14-11(13)9-7-3-5-8(6-4-7)10(9)12;7-5-1-2-6(8)4-3-5/h5,7,9,11,13-20,29-30H,3-4,6,8,10,12H2,1-2H3;2*3,5,7-8,12H,2,4,6H2,1H3;3,5,7-9H,2,4,6H2,1H3;1-4H,7-8H2. The Morgan fingerprint density at radius 1 is 0.405 bits per heavy atom. The van der Waals surface area contributed by atoms with Crippen molar-refractivity contribution in [2.24, 2.45) is 65.1 Å². The van der Waals surface area contributed by atoms with Crippen molar-refractivity contribution in [1.29, 1.82) is 0 Å². The van der Waals surface area contributed by atoms with Gasteiger partial charge in [-0.05, 0) is 153 Å². The molecule has 17 rings (SSSR count). The molecule has 1 saturated carbocycles. The van der Waals surface area contributed by atoms with E-state index in [1.54, 1.807) is 45.0 Å². The quantitative estimate of drug-likeness (QED) is 0.0337. The molecule has 17 heteroatoms. The molecule has 84 heavy (non-hydrogen) atoms. The highest BCUT2D eigenvalue weighted by Gasteiger charge is 2.45. The number of Topliss-reactive ketones (excluding diaryl/α,β-unsaturated/α-hetero) is 1. The minimum absolute atomic E-state index is 0.0330. The second-order valence-electron chi connectivity index (χ2n) is 22.2. The number of carbonyl (C=O) groups excluding carboxylic acids is 6. The number of benzene rings is 2. The van der Waals surface area contributed by atoms with Gasteiger partial charge in [-0.25, -0.2) is 19.2 Å². The van der Waals surface area contributed by atoms with Gasteiger partial charge in [-0.3, -0.25) is 9.59 Å². The van der Waals surface area contributed by atoms with Gasteiger partial charge in [0.1, 0.15) is 17.4 Å². The molecule has 15 aliphatic rings. The first-order valence-electron chi connectivity index (χ1n) is 30.0. The lowest BCUT2D eigenvalue weighted by atomic mass is 9.68. The molecule has 0 aromatic heterocycles. The fraction of sp³-hybridized carbons (Fsp3) is 0.463. The smallest absolute Gasteiger partial charge is 0.338 e. The van der Waals surface area contributed by atoms with Crippen molar-refractivity contribution >= 4 is 58.4 Å². The molecule has 1 fully saturated rings. The SMILES string of the molecule is CCOC(=O)C1=C(Nc2ccc(NC3=C(C(=O)OCC)C4C=CC3CC4)cc2)C2C=CC1CC2.CCOC(=O)C1=C(O)C2C=CC1CC2.CCOC(=O)C1=C(O)C2C=CC1CC2.CCOC(=O)C1C(=O)C2C=CC1CC2.Nc1ccc(N)cc1. The zero-order valence-corrected chi connectivity index (χ0v) is 48.9. The van der Waals surface area contributed by atoms with Gasteiger partial charge in [0.2, 0.25) is 0 Å². The third kappa shape index (κ3) is 14.5. The molecule has 448 valence electrons. The molecule has 0 radical (unpaired) electrons. The van der Waals surface area contributed by atoms with Gasteiger partial charge in [0, 0.05) is 87.4 Å². The zero-order chi connectivity index (χ0) is 60.0. The predicted octanol–water partition coefficient (Wildman–Crippen LogP) is 11.4. The van der Waals surface area contributed by atoms with E-state index in [1.807, 2.05) is 74.6 Å². The number of anilines is 4. The topological polar surface area (TPSA) is 265 Å². The number of carbonyl (C=O) groups is 6. The average molecular weight is 1150 g/mol. The number of rotatable bonds is 14. The minimum Gasteiger partial charge on any atom is -0.511 e. The van der Waals surface area contributed by atoms with E-state index in [4.69, 9.17) is 35.2 Å². The maximum absolute atomic E-state index is 12.6. The predicted molar refractivity (Wildman–Crippen MR) is 321 cm³/mol. The average Bonchev–Trinajstić information content (AvgIpc) is 3.61. The molecule has 2 aromatic rings. The van der Waals surface area contributed by atoms with E-state index in [0.717, 1.165) is 109 Å². The summed E-state index contributed by atoms with van der Waals surface area (Å²) in [6.45, 7) is 10.8. The third-order valence-electron chi connectivity index (χ3n) is 16.9. The number of allylic oxidation sites excluding steroid dienone is 10. The van der Waals surface area contributed by atoms with E-state index >= 15 is 0 Å². The number of hydrogen-bond donors (Lipinski definition) is 6. The zero-order valence-electron chi connectivity index (χ0n) is 48.9. The Morgan fingerprint density at radius 2 is 0.702 bits per heavy atom. The molecular formula is C67H82N4O13. The van der Waals surface area contributed by atoms with Gasteiger partial charge in [-0.15, -0.1) is 0 Å². The number of nitrogens with two attached hydrogens (primary N) is 2. The van der Waals surface area contributed by atoms with Gasteiger partial charge in [0.05, 0.1) is 55.3 Å². The number of aliphatic hydroxyl groups excluding tert-OH is 2. The summed E-state index contributed by atoms with van der Waals surface area (Å²) in [5.41, 5.74) is 18.5. The number of ketones is 1. The van der Waals surface area contributed by atoms with Crippen LogP contribution in [0.3, 0.4) is 0 Å². The Balaban J connectivity index is 0.000000152. The molecule has 2 aromatic carbocycles. The van der Waals surface area contributed by atoms with Crippen LogP contribution >= 0.6 is 0 Å². The Labute approximate surface area is 492 Å². The van der Waals surface area contributed by atoms with Crippen LogP contribution in [-0.2, 0) is 52.5 Å². The molecule has 17 nitrogen and oxygen atoms in total. The van der Waals surface area contributed by atoms with Gasteiger partial charge >= 0.3 is 29.8 Å². The highest BCUT2D eigenvalue weighted by atomic mass is 16.5. The van der Waals surface area contributed by atoms with E-state index in [1.165, 1.54) is 0 Å². The highest BCUT2D eigenvalue weighted by Crippen LogP contribution is 2.45. The Morgan fingerprint density at radius 3 is 1.00 bits per heavy atom. The number of nitrogen functional groups attached to an aromatic ring is 2. The van der Waals surface area contributed by atoms with Crippen molar-refractivity contribution in [2.75, 3.05) is 55.1 Å². The molecule has 11 atom stereocenters. The third-order valence-corrected chi connectivity index (χ3v) is 16.9. The molecule has 15 aliphatic carbocycles. The second-order valence-corrected chi connectivity index (χ2v) is 22.2. The van der Waals surface area contributed by atoms with Crippen molar-refractivity contribution < 1.29 is 62.7 Å². The minimum atomic E-state index is -0.515. The van der Waals surface area contributed by atoms with Crippen LogP contribution in [-0.4, -0.2) is 78.9 Å². The summed E-state index contributed by atoms with van der Waals surface area (Å²) in [7, 11) is 0. The first-order chi connectivity index (χ1) is 40.6. The normalized spacial score (nSPS) is 27.2. The van der Waals surface area contributed by atoms with Gasteiger partial charge in [0.25, 0.3) is 0 Å². The maximum Gasteiger partial charge on any atom is 0.338 e. The lowest BCUT2D eigenvalue weighted by Crippen LogP contribution is -2.42. The van der Waals surface area contributed by atoms with Gasteiger partial charge in [-0.1, -0.05) is 60.8 Å². The monoisotopic (exact) mass is 1150 g/mol. The maximum atomic E-state index is 12.6. The van der Waals surface area contributed by atoms with Crippen molar-refractivity contribution in [2.45, 2.75) is 98.8 Å². The first kappa shape index (κ1) is 62.0. The van der Waals surface area contributed by atoms with Crippen LogP contribution in [0.5, 0.6) is 0 Å². The second kappa shape index (κ2) is 28.9. The lowest BCUT2D eigenvalue weighted by molar-refractivity contribution is -0.156. The summed E-state index contributed by atoms with van der Waals surface area (Å²) >= 11 is 0. The molecular weight excluding hydrogens is 1070 g/mol. The molecule has 0 amide bonds. The van der Waals surface area contributed by atoms with Crippen LogP contribution in [0.4, 0.5) is 22.7 Å². The number of hydrogen-bond acceptors (Lipinski definition) is 17. The largest absolute Gasteiger partial charge is 0.511 e. The number of esters is 5. The molecule has 8 N–H and O–H groups in total. The van der Waals surface area contributed by atoms with Crippen molar-refractivity contribution in [1.82, 2.24) is 0 Å². The van der Waals surface area contributed by atoms with Crippen LogP contribution in [0.1, 0.15) is 98.8 Å². The Kier molecular flexibility index (Phi) is 21.4. The van der Waals surface area contributed by atoms with E-state index in [2.05, 4.69) is 34.9 Å². The molecule has 0 saturated heterocycles. The van der Waals surface area contributed by atoms with Crippen molar-refractivity contribution in [3.63, 3.8) is 0 Å². The van der Waals surface area contributed by atoms with E-state index in [-0.39, 0.29) is 106 Å². The number of nitrogens with one attached hydrogen (secondary N) is 2. The molecule has 0 spiro atoms. The van der Waals surface area contributed by atoms with E-state index in [0.29, 0.717) is 44.2 Å². The number of aliphatic hydroxyl groups is 2.